The highest BCUT2D eigenvalue weighted by Gasteiger charge is 2.15. The summed E-state index contributed by atoms with van der Waals surface area (Å²) in [4.78, 5) is 32.8. The molecule has 0 saturated carbocycles. The van der Waals surface area contributed by atoms with Crippen molar-refractivity contribution in [3.8, 4) is 11.3 Å². The Morgan fingerprint density at radius 1 is 1.07 bits per heavy atom. The van der Waals surface area contributed by atoms with Crippen molar-refractivity contribution >= 4 is 28.4 Å². The fourth-order valence-electron chi connectivity index (χ4n) is 3.50. The van der Waals surface area contributed by atoms with Crippen LogP contribution in [-0.4, -0.2) is 15.9 Å². The molecule has 2 aromatic carbocycles. The summed E-state index contributed by atoms with van der Waals surface area (Å²) in [6, 6.07) is 18.5. The summed E-state index contributed by atoms with van der Waals surface area (Å²) >= 11 is 6.00. The molecule has 0 fully saturated rings. The predicted octanol–water partition coefficient (Wildman–Crippen LogP) is 4.79. The molecule has 0 unspecified atom stereocenters. The second-order valence-corrected chi connectivity index (χ2v) is 7.64. The van der Waals surface area contributed by atoms with Crippen molar-refractivity contribution in [3.63, 3.8) is 0 Å². The van der Waals surface area contributed by atoms with Crippen LogP contribution >= 0.6 is 11.6 Å². The number of carbonyl (C=O) groups is 1. The van der Waals surface area contributed by atoms with E-state index in [1.165, 1.54) is 0 Å². The van der Waals surface area contributed by atoms with E-state index in [1.807, 2.05) is 56.3 Å². The Morgan fingerprint density at radius 2 is 1.80 bits per heavy atom. The number of aromatic amines is 1. The van der Waals surface area contributed by atoms with Gasteiger partial charge in [0.2, 0.25) is 0 Å². The van der Waals surface area contributed by atoms with Crippen molar-refractivity contribution in [2.24, 2.45) is 0 Å². The molecule has 0 atom stereocenters. The summed E-state index contributed by atoms with van der Waals surface area (Å²) in [5, 5.41) is 4.28. The van der Waals surface area contributed by atoms with Gasteiger partial charge in [0.25, 0.3) is 11.5 Å². The van der Waals surface area contributed by atoms with Gasteiger partial charge in [-0.3, -0.25) is 9.59 Å². The van der Waals surface area contributed by atoms with Gasteiger partial charge in [0.1, 0.15) is 0 Å². The first-order valence-electron chi connectivity index (χ1n) is 9.55. The van der Waals surface area contributed by atoms with E-state index in [1.54, 1.807) is 18.2 Å². The number of aryl methyl sites for hydroxylation is 2. The van der Waals surface area contributed by atoms with Gasteiger partial charge in [-0.2, -0.15) is 0 Å². The average Bonchev–Trinajstić information content (AvgIpc) is 2.72. The molecule has 5 nitrogen and oxygen atoms in total. The maximum Gasteiger partial charge on any atom is 0.253 e. The Labute approximate surface area is 178 Å². The molecule has 0 saturated heterocycles. The Kier molecular flexibility index (Phi) is 5.38. The van der Waals surface area contributed by atoms with Crippen molar-refractivity contribution < 1.29 is 4.79 Å². The number of carbonyl (C=O) groups excluding carboxylic acids is 1. The molecule has 4 rings (SSSR count). The van der Waals surface area contributed by atoms with Crippen molar-refractivity contribution in [1.82, 2.24) is 15.3 Å². The molecule has 0 spiro atoms. The van der Waals surface area contributed by atoms with Crippen LogP contribution in [0.5, 0.6) is 0 Å². The quantitative estimate of drug-likeness (QED) is 0.501. The predicted molar refractivity (Wildman–Crippen MR) is 120 cm³/mol. The van der Waals surface area contributed by atoms with Gasteiger partial charge in [-0.25, -0.2) is 4.98 Å². The summed E-state index contributed by atoms with van der Waals surface area (Å²) in [6.07, 6.45) is 0. The molecule has 30 heavy (non-hydrogen) atoms. The van der Waals surface area contributed by atoms with Gasteiger partial charge in [-0.05, 0) is 49.7 Å². The van der Waals surface area contributed by atoms with E-state index in [-0.39, 0.29) is 18.0 Å². The first-order chi connectivity index (χ1) is 14.4. The Balaban J connectivity index is 1.71. The molecule has 2 N–H and O–H groups in total. The molecule has 2 heterocycles. The number of amides is 1. The van der Waals surface area contributed by atoms with Crippen LogP contribution in [0.15, 0.2) is 65.5 Å². The minimum absolute atomic E-state index is 0.146. The van der Waals surface area contributed by atoms with Gasteiger partial charge in [0.05, 0.1) is 16.8 Å². The van der Waals surface area contributed by atoms with Crippen LogP contribution in [0.4, 0.5) is 0 Å². The summed E-state index contributed by atoms with van der Waals surface area (Å²) in [5.41, 5.74) is 4.77. The first-order valence-corrected chi connectivity index (χ1v) is 9.93. The number of para-hydroxylation sites is 1. The third-order valence-corrected chi connectivity index (χ3v) is 5.27. The zero-order valence-electron chi connectivity index (χ0n) is 16.6. The third kappa shape index (κ3) is 3.98. The monoisotopic (exact) mass is 417 g/mol. The number of aromatic nitrogens is 2. The minimum atomic E-state index is -0.261. The van der Waals surface area contributed by atoms with Crippen molar-refractivity contribution in [2.75, 3.05) is 0 Å². The lowest BCUT2D eigenvalue weighted by Gasteiger charge is -2.12. The number of pyridine rings is 2. The zero-order chi connectivity index (χ0) is 21.3. The Bertz CT molecular complexity index is 1310. The fourth-order valence-corrected chi connectivity index (χ4v) is 3.62. The maximum atomic E-state index is 13.1. The molecule has 0 radical (unpaired) electrons. The number of nitrogens with one attached hydrogen (secondary N) is 2. The van der Waals surface area contributed by atoms with Gasteiger partial charge in [0.15, 0.2) is 0 Å². The molecule has 2 aromatic heterocycles. The SMILES string of the molecule is Cc1cc(C)c(CNC(=O)c2cc(-c3ccc(Cl)cc3)nc3ccccc23)c(=O)[nH]1. The molecule has 1 amide bonds. The fraction of sp³-hybridized carbons (Fsp3) is 0.125. The summed E-state index contributed by atoms with van der Waals surface area (Å²) in [5.74, 6) is -0.261. The van der Waals surface area contributed by atoms with Crippen LogP contribution in [0, 0.1) is 13.8 Å². The third-order valence-electron chi connectivity index (χ3n) is 5.02. The maximum absolute atomic E-state index is 13.1. The standard InChI is InChI=1S/C24H20ClN3O2/c1-14-11-15(2)27-24(30)20(14)13-26-23(29)19-12-22(16-7-9-17(25)10-8-16)28-21-6-4-3-5-18(19)21/h3-12H,13H2,1-2H3,(H,26,29)(H,27,30). The number of benzene rings is 2. The van der Waals surface area contributed by atoms with Crippen molar-refractivity contribution in [1.29, 1.82) is 0 Å². The number of nitrogens with zero attached hydrogens (tertiary/aromatic N) is 1. The Morgan fingerprint density at radius 3 is 2.53 bits per heavy atom. The molecule has 0 aliphatic rings. The molecular weight excluding hydrogens is 398 g/mol. The molecule has 0 aliphatic carbocycles. The van der Waals surface area contributed by atoms with E-state index in [2.05, 4.69) is 10.3 Å². The molecule has 150 valence electrons. The van der Waals surface area contributed by atoms with Gasteiger partial charge in [-0.15, -0.1) is 0 Å². The molecule has 6 heteroatoms. The smallest absolute Gasteiger partial charge is 0.253 e. The van der Waals surface area contributed by atoms with Crippen LogP contribution in [0.25, 0.3) is 22.2 Å². The van der Waals surface area contributed by atoms with E-state index >= 15 is 0 Å². The lowest BCUT2D eigenvalue weighted by Crippen LogP contribution is -2.28. The Hall–Kier alpha value is -3.44. The number of H-pyrrole nitrogens is 1. The number of hydrogen-bond acceptors (Lipinski definition) is 3. The highest BCUT2D eigenvalue weighted by atomic mass is 35.5. The van der Waals surface area contributed by atoms with E-state index in [4.69, 9.17) is 16.6 Å². The van der Waals surface area contributed by atoms with Crippen LogP contribution in [0.1, 0.15) is 27.2 Å². The van der Waals surface area contributed by atoms with E-state index in [0.717, 1.165) is 27.7 Å². The number of rotatable bonds is 4. The van der Waals surface area contributed by atoms with Gasteiger partial charge >= 0.3 is 0 Å². The van der Waals surface area contributed by atoms with Crippen molar-refractivity contribution in [2.45, 2.75) is 20.4 Å². The molecular formula is C24H20ClN3O2. The first kappa shape index (κ1) is 19.9. The zero-order valence-corrected chi connectivity index (χ0v) is 17.4. The van der Waals surface area contributed by atoms with Gasteiger partial charge in [-0.1, -0.05) is 41.9 Å². The number of halogens is 1. The second kappa shape index (κ2) is 8.13. The lowest BCUT2D eigenvalue weighted by atomic mass is 10.0. The van der Waals surface area contributed by atoms with Crippen LogP contribution in [0.2, 0.25) is 5.02 Å². The van der Waals surface area contributed by atoms with E-state index < -0.39 is 0 Å². The van der Waals surface area contributed by atoms with Crippen LogP contribution < -0.4 is 10.9 Å². The molecule has 0 bridgehead atoms. The average molecular weight is 418 g/mol. The summed E-state index contributed by atoms with van der Waals surface area (Å²) in [7, 11) is 0. The molecule has 0 aliphatic heterocycles. The normalized spacial score (nSPS) is 10.9. The van der Waals surface area contributed by atoms with Crippen LogP contribution in [0.3, 0.4) is 0 Å². The number of fused-ring (bicyclic) bond motifs is 1. The van der Waals surface area contributed by atoms with Crippen molar-refractivity contribution in [3.05, 3.63) is 98.4 Å². The second-order valence-electron chi connectivity index (χ2n) is 7.20. The largest absolute Gasteiger partial charge is 0.348 e. The highest BCUT2D eigenvalue weighted by molar-refractivity contribution is 6.30. The van der Waals surface area contributed by atoms with E-state index in [0.29, 0.717) is 21.8 Å². The number of hydrogen-bond donors (Lipinski definition) is 2. The van der Waals surface area contributed by atoms with Gasteiger partial charge in [0, 0.05) is 33.8 Å². The molecule has 4 aromatic rings. The van der Waals surface area contributed by atoms with Gasteiger partial charge < -0.3 is 10.3 Å². The van der Waals surface area contributed by atoms with E-state index in [9.17, 15) is 9.59 Å². The lowest BCUT2D eigenvalue weighted by molar-refractivity contribution is 0.0952. The summed E-state index contributed by atoms with van der Waals surface area (Å²) < 4.78 is 0. The minimum Gasteiger partial charge on any atom is -0.348 e. The highest BCUT2D eigenvalue weighted by Crippen LogP contribution is 2.26. The topological polar surface area (TPSA) is 74.8 Å². The van der Waals surface area contributed by atoms with Crippen LogP contribution in [-0.2, 0) is 6.54 Å². The summed E-state index contributed by atoms with van der Waals surface area (Å²) in [6.45, 7) is 3.84.